The van der Waals surface area contributed by atoms with E-state index in [4.69, 9.17) is 9.47 Å². The van der Waals surface area contributed by atoms with Crippen LogP contribution in [-0.4, -0.2) is 66.2 Å². The number of rotatable bonds is 2. The van der Waals surface area contributed by atoms with Crippen molar-refractivity contribution in [3.63, 3.8) is 0 Å². The predicted molar refractivity (Wildman–Crippen MR) is 85.2 cm³/mol. The minimum absolute atomic E-state index is 0.100. The third kappa shape index (κ3) is 2.30. The van der Waals surface area contributed by atoms with Crippen LogP contribution in [0.5, 0.6) is 5.88 Å². The number of aryl methyl sites for hydroxylation is 2. The van der Waals surface area contributed by atoms with Crippen LogP contribution in [0.4, 0.5) is 4.79 Å². The van der Waals surface area contributed by atoms with Gasteiger partial charge in [0.25, 0.3) is 5.91 Å². The van der Waals surface area contributed by atoms with E-state index in [-0.39, 0.29) is 12.0 Å². The third-order valence-corrected chi connectivity index (χ3v) is 5.18. The molecule has 1 atom stereocenters. The fraction of sp³-hybridized carbons (Fsp3) is 0.588. The van der Waals surface area contributed by atoms with Crippen LogP contribution in [0.25, 0.3) is 0 Å². The lowest BCUT2D eigenvalue weighted by Gasteiger charge is -2.22. The van der Waals surface area contributed by atoms with Crippen LogP contribution in [0, 0.1) is 0 Å². The first-order valence-electron chi connectivity index (χ1n) is 8.31. The number of amides is 2. The van der Waals surface area contributed by atoms with Gasteiger partial charge in [0, 0.05) is 25.7 Å². The summed E-state index contributed by atoms with van der Waals surface area (Å²) in [5.74, 6) is 0.290. The average Bonchev–Trinajstić information content (AvgIpc) is 3.25. The van der Waals surface area contributed by atoms with E-state index in [1.54, 1.807) is 24.0 Å². The van der Waals surface area contributed by atoms with Gasteiger partial charge in [-0.3, -0.25) is 4.79 Å². The summed E-state index contributed by atoms with van der Waals surface area (Å²) in [5.41, 5.74) is 2.11. The molecule has 24 heavy (non-hydrogen) atoms. The second-order valence-corrected chi connectivity index (χ2v) is 6.89. The monoisotopic (exact) mass is 331 g/mol. The molecular formula is C17H21N3O4. The van der Waals surface area contributed by atoms with Gasteiger partial charge in [-0.1, -0.05) is 0 Å². The molecule has 4 rings (SSSR count). The highest BCUT2D eigenvalue weighted by atomic mass is 16.6. The summed E-state index contributed by atoms with van der Waals surface area (Å²) in [6, 6.07) is 1.92. The van der Waals surface area contributed by atoms with Gasteiger partial charge >= 0.3 is 6.09 Å². The van der Waals surface area contributed by atoms with E-state index in [1.807, 2.05) is 6.07 Å². The van der Waals surface area contributed by atoms with Gasteiger partial charge in [0.05, 0.1) is 20.2 Å². The normalized spacial score (nSPS) is 25.3. The number of ether oxygens (including phenoxy) is 2. The van der Waals surface area contributed by atoms with Crippen LogP contribution < -0.4 is 4.74 Å². The van der Waals surface area contributed by atoms with E-state index in [1.165, 1.54) is 0 Å². The number of hydrogen-bond donors (Lipinski definition) is 0. The van der Waals surface area contributed by atoms with Crippen LogP contribution in [0.15, 0.2) is 6.07 Å². The summed E-state index contributed by atoms with van der Waals surface area (Å²) >= 11 is 0. The zero-order valence-electron chi connectivity index (χ0n) is 14.0. The maximum absolute atomic E-state index is 13.0. The quantitative estimate of drug-likeness (QED) is 0.815. The molecule has 2 saturated heterocycles. The summed E-state index contributed by atoms with van der Waals surface area (Å²) < 4.78 is 10.9. The van der Waals surface area contributed by atoms with Gasteiger partial charge in [-0.15, -0.1) is 0 Å². The summed E-state index contributed by atoms with van der Waals surface area (Å²) in [6.45, 7) is 1.51. The van der Waals surface area contributed by atoms with Gasteiger partial charge in [-0.25, -0.2) is 9.78 Å². The van der Waals surface area contributed by atoms with Gasteiger partial charge in [0.1, 0.15) is 5.56 Å². The largest absolute Gasteiger partial charge is 0.480 e. The topological polar surface area (TPSA) is 72.0 Å². The molecular weight excluding hydrogens is 310 g/mol. The highest BCUT2D eigenvalue weighted by Crippen LogP contribution is 2.34. The predicted octanol–water partition coefficient (Wildman–Crippen LogP) is 1.25. The molecule has 2 aliphatic heterocycles. The van der Waals surface area contributed by atoms with Crippen LogP contribution in [0.3, 0.4) is 0 Å². The lowest BCUT2D eigenvalue weighted by atomic mass is 10.0. The van der Waals surface area contributed by atoms with E-state index in [9.17, 15) is 9.59 Å². The zero-order chi connectivity index (χ0) is 16.9. The molecule has 1 aromatic heterocycles. The third-order valence-electron chi connectivity index (χ3n) is 5.18. The molecule has 7 heteroatoms. The number of fused-ring (bicyclic) bond motifs is 1. The van der Waals surface area contributed by atoms with Crippen molar-refractivity contribution in [2.24, 2.45) is 0 Å². The van der Waals surface area contributed by atoms with E-state index < -0.39 is 5.60 Å². The highest BCUT2D eigenvalue weighted by molar-refractivity contribution is 5.97. The first-order valence-corrected chi connectivity index (χ1v) is 8.31. The highest BCUT2D eigenvalue weighted by Gasteiger charge is 2.49. The average molecular weight is 331 g/mol. The number of nitrogens with zero attached hydrogens (tertiary/aromatic N) is 3. The maximum atomic E-state index is 13.0. The molecule has 0 radical (unpaired) electrons. The smallest absolute Gasteiger partial charge is 0.410 e. The number of likely N-dealkylation sites (N-methyl/N-ethyl adjacent to an activating group) is 1. The van der Waals surface area contributed by atoms with Crippen LogP contribution in [-0.2, 0) is 17.6 Å². The Kier molecular flexibility index (Phi) is 3.40. The van der Waals surface area contributed by atoms with Crippen molar-refractivity contribution in [2.75, 3.05) is 33.8 Å². The fourth-order valence-corrected chi connectivity index (χ4v) is 3.95. The second kappa shape index (κ2) is 5.36. The maximum Gasteiger partial charge on any atom is 0.410 e. The van der Waals surface area contributed by atoms with Crippen LogP contribution in [0.1, 0.15) is 34.5 Å². The Morgan fingerprint density at radius 2 is 2.21 bits per heavy atom. The minimum atomic E-state index is -0.571. The molecule has 1 aromatic rings. The van der Waals surface area contributed by atoms with Crippen LogP contribution >= 0.6 is 0 Å². The summed E-state index contributed by atoms with van der Waals surface area (Å²) in [6.07, 6.45) is 3.31. The number of carbonyl (C=O) groups excluding carboxylic acids is 2. The van der Waals surface area contributed by atoms with Crippen molar-refractivity contribution < 1.29 is 19.1 Å². The Bertz CT molecular complexity index is 720. The molecule has 0 bridgehead atoms. The Morgan fingerprint density at radius 1 is 1.38 bits per heavy atom. The van der Waals surface area contributed by atoms with Crippen molar-refractivity contribution >= 4 is 12.0 Å². The van der Waals surface area contributed by atoms with Crippen molar-refractivity contribution in [3.05, 3.63) is 22.9 Å². The van der Waals surface area contributed by atoms with Crippen molar-refractivity contribution in [2.45, 2.75) is 31.3 Å². The first kappa shape index (κ1) is 15.2. The lowest BCUT2D eigenvalue weighted by molar-refractivity contribution is 0.0551. The van der Waals surface area contributed by atoms with Gasteiger partial charge in [0.15, 0.2) is 5.60 Å². The summed E-state index contributed by atoms with van der Waals surface area (Å²) in [4.78, 5) is 32.5. The van der Waals surface area contributed by atoms with Gasteiger partial charge in [-0.05, 0) is 30.9 Å². The van der Waals surface area contributed by atoms with Gasteiger partial charge < -0.3 is 19.3 Å². The molecule has 0 unspecified atom stereocenters. The number of likely N-dealkylation sites (tertiary alicyclic amines) is 1. The van der Waals surface area contributed by atoms with Crippen molar-refractivity contribution in [1.82, 2.24) is 14.8 Å². The molecule has 128 valence electrons. The van der Waals surface area contributed by atoms with Crippen molar-refractivity contribution in [3.8, 4) is 5.88 Å². The molecule has 0 saturated carbocycles. The number of pyridine rings is 1. The van der Waals surface area contributed by atoms with Gasteiger partial charge in [0.2, 0.25) is 5.88 Å². The standard InChI is InChI=1S/C17H21N3O4/c1-19-9-17(24-16(19)22)6-7-20(10-17)15(21)12-8-11-4-3-5-13(11)18-14(12)23-2/h8H,3-7,9-10H2,1-2H3/t17-/m1/s1. The first-order chi connectivity index (χ1) is 11.5. The summed E-state index contributed by atoms with van der Waals surface area (Å²) in [5, 5.41) is 0. The molecule has 1 spiro atoms. The summed E-state index contributed by atoms with van der Waals surface area (Å²) in [7, 11) is 3.26. The van der Waals surface area contributed by atoms with E-state index >= 15 is 0 Å². The fourth-order valence-electron chi connectivity index (χ4n) is 3.95. The van der Waals surface area contributed by atoms with E-state index in [0.717, 1.165) is 30.5 Å². The second-order valence-electron chi connectivity index (χ2n) is 6.89. The van der Waals surface area contributed by atoms with Gasteiger partial charge in [-0.2, -0.15) is 0 Å². The molecule has 2 amide bonds. The molecule has 3 aliphatic rings. The number of carbonyl (C=O) groups is 2. The number of methoxy groups -OCH3 is 1. The van der Waals surface area contributed by atoms with E-state index in [0.29, 0.717) is 37.5 Å². The Hall–Kier alpha value is -2.31. The molecule has 7 nitrogen and oxygen atoms in total. The Balaban J connectivity index is 1.58. The Labute approximate surface area is 140 Å². The van der Waals surface area contributed by atoms with Crippen LogP contribution in [0.2, 0.25) is 0 Å². The lowest BCUT2D eigenvalue weighted by Crippen LogP contribution is -2.39. The number of hydrogen-bond acceptors (Lipinski definition) is 5. The molecule has 3 heterocycles. The Morgan fingerprint density at radius 3 is 2.92 bits per heavy atom. The van der Waals surface area contributed by atoms with Crippen molar-refractivity contribution in [1.29, 1.82) is 0 Å². The molecule has 2 fully saturated rings. The number of aromatic nitrogens is 1. The molecule has 0 N–H and O–H groups in total. The molecule has 0 aromatic carbocycles. The molecule has 1 aliphatic carbocycles. The minimum Gasteiger partial charge on any atom is -0.480 e. The zero-order valence-corrected chi connectivity index (χ0v) is 14.0. The van der Waals surface area contributed by atoms with E-state index in [2.05, 4.69) is 4.98 Å². The SMILES string of the molecule is COc1nc2c(cc1C(=O)N1CC[C@@]3(CN(C)C(=O)O3)C1)CCC2.